The molecule has 0 spiro atoms. The summed E-state index contributed by atoms with van der Waals surface area (Å²) in [5, 5.41) is 9.80. The van der Waals surface area contributed by atoms with Crippen molar-refractivity contribution in [1.29, 1.82) is 0 Å². The van der Waals surface area contributed by atoms with E-state index in [1.54, 1.807) is 16.8 Å². The van der Waals surface area contributed by atoms with Crippen molar-refractivity contribution in [3.63, 3.8) is 0 Å². The SMILES string of the molecule is CCCC1CCCCN1C(=O)c1nc(Cc2ccccc2)n(-c2ccc(S(N)(=O)=O)cc2)n1. The van der Waals surface area contributed by atoms with E-state index in [1.807, 2.05) is 35.2 Å². The van der Waals surface area contributed by atoms with Crippen LogP contribution in [0, 0.1) is 0 Å². The molecule has 33 heavy (non-hydrogen) atoms. The van der Waals surface area contributed by atoms with Crippen molar-refractivity contribution in [3.05, 3.63) is 71.8 Å². The number of benzene rings is 2. The summed E-state index contributed by atoms with van der Waals surface area (Å²) in [5.74, 6) is 0.624. The second kappa shape index (κ2) is 9.84. The van der Waals surface area contributed by atoms with E-state index in [2.05, 4.69) is 17.0 Å². The van der Waals surface area contributed by atoms with Gasteiger partial charge in [-0.05, 0) is 55.5 Å². The zero-order valence-electron chi connectivity index (χ0n) is 18.7. The number of likely N-dealkylation sites (tertiary alicyclic amines) is 1. The summed E-state index contributed by atoms with van der Waals surface area (Å²) < 4.78 is 24.9. The van der Waals surface area contributed by atoms with Crippen LogP contribution in [0.25, 0.3) is 5.69 Å². The first-order chi connectivity index (χ1) is 15.9. The molecule has 1 fully saturated rings. The minimum atomic E-state index is -3.80. The smallest absolute Gasteiger partial charge is 0.293 e. The molecule has 1 amide bonds. The molecule has 1 atom stereocenters. The van der Waals surface area contributed by atoms with Crippen molar-refractivity contribution >= 4 is 15.9 Å². The fourth-order valence-corrected chi connectivity index (χ4v) is 4.86. The van der Waals surface area contributed by atoms with Gasteiger partial charge in [0.15, 0.2) is 0 Å². The number of aromatic nitrogens is 3. The van der Waals surface area contributed by atoms with E-state index in [0.717, 1.165) is 44.2 Å². The van der Waals surface area contributed by atoms with Gasteiger partial charge >= 0.3 is 0 Å². The number of carbonyl (C=O) groups excluding carboxylic acids is 1. The predicted molar refractivity (Wildman–Crippen MR) is 126 cm³/mol. The molecule has 1 saturated heterocycles. The molecule has 1 unspecified atom stereocenters. The normalized spacial score (nSPS) is 16.7. The van der Waals surface area contributed by atoms with Crippen molar-refractivity contribution < 1.29 is 13.2 Å². The number of carbonyl (C=O) groups is 1. The van der Waals surface area contributed by atoms with Gasteiger partial charge in [0, 0.05) is 19.0 Å². The van der Waals surface area contributed by atoms with E-state index in [9.17, 15) is 13.2 Å². The van der Waals surface area contributed by atoms with Gasteiger partial charge in [0.2, 0.25) is 15.8 Å². The third-order valence-electron chi connectivity index (χ3n) is 5.99. The Kier molecular flexibility index (Phi) is 6.90. The van der Waals surface area contributed by atoms with Crippen LogP contribution in [0.15, 0.2) is 59.5 Å². The van der Waals surface area contributed by atoms with E-state index < -0.39 is 10.0 Å². The molecule has 0 radical (unpaired) electrons. The number of hydrogen-bond donors (Lipinski definition) is 1. The maximum atomic E-state index is 13.4. The van der Waals surface area contributed by atoms with Crippen LogP contribution in [0.1, 0.15) is 61.0 Å². The predicted octanol–water partition coefficient (Wildman–Crippen LogP) is 3.30. The Hall–Kier alpha value is -3.04. The highest BCUT2D eigenvalue weighted by molar-refractivity contribution is 7.89. The Morgan fingerprint density at radius 1 is 1.09 bits per heavy atom. The number of hydrogen-bond acceptors (Lipinski definition) is 5. The third kappa shape index (κ3) is 5.31. The van der Waals surface area contributed by atoms with Crippen LogP contribution >= 0.6 is 0 Å². The zero-order chi connectivity index (χ0) is 23.4. The van der Waals surface area contributed by atoms with Gasteiger partial charge in [0.1, 0.15) is 5.82 Å². The first kappa shape index (κ1) is 23.1. The summed E-state index contributed by atoms with van der Waals surface area (Å²) in [5.41, 5.74) is 1.65. The molecular formula is C24H29N5O3S. The lowest BCUT2D eigenvalue weighted by molar-refractivity contribution is 0.0588. The van der Waals surface area contributed by atoms with Crippen molar-refractivity contribution in [2.45, 2.75) is 56.4 Å². The molecule has 4 rings (SSSR count). The Labute approximate surface area is 194 Å². The minimum Gasteiger partial charge on any atom is -0.333 e. The van der Waals surface area contributed by atoms with Gasteiger partial charge in [0.25, 0.3) is 5.91 Å². The van der Waals surface area contributed by atoms with Gasteiger partial charge in [-0.3, -0.25) is 4.79 Å². The van der Waals surface area contributed by atoms with Crippen LogP contribution in [-0.4, -0.2) is 46.6 Å². The lowest BCUT2D eigenvalue weighted by atomic mass is 9.98. The fraction of sp³-hybridized carbons (Fsp3) is 0.375. The fourth-order valence-electron chi connectivity index (χ4n) is 4.34. The molecule has 174 valence electrons. The molecule has 0 saturated carbocycles. The molecule has 2 aromatic carbocycles. The quantitative estimate of drug-likeness (QED) is 0.573. The van der Waals surface area contributed by atoms with Gasteiger partial charge in [-0.2, -0.15) is 0 Å². The lowest BCUT2D eigenvalue weighted by Gasteiger charge is -2.35. The second-order valence-corrected chi connectivity index (χ2v) is 9.96. The summed E-state index contributed by atoms with van der Waals surface area (Å²) in [6.07, 6.45) is 5.59. The molecule has 1 aromatic heterocycles. The zero-order valence-corrected chi connectivity index (χ0v) is 19.5. The number of amides is 1. The van der Waals surface area contributed by atoms with Crippen LogP contribution < -0.4 is 5.14 Å². The molecule has 2 heterocycles. The van der Waals surface area contributed by atoms with Gasteiger partial charge in [0.05, 0.1) is 10.6 Å². The highest BCUT2D eigenvalue weighted by Gasteiger charge is 2.30. The van der Waals surface area contributed by atoms with Crippen LogP contribution in [0.2, 0.25) is 0 Å². The minimum absolute atomic E-state index is 0.0167. The van der Waals surface area contributed by atoms with E-state index in [0.29, 0.717) is 17.9 Å². The molecule has 8 nitrogen and oxygen atoms in total. The molecule has 1 aliphatic heterocycles. The summed E-state index contributed by atoms with van der Waals surface area (Å²) in [7, 11) is -3.80. The van der Waals surface area contributed by atoms with Crippen molar-refractivity contribution in [2.75, 3.05) is 6.54 Å². The summed E-state index contributed by atoms with van der Waals surface area (Å²) >= 11 is 0. The number of rotatable bonds is 7. The Morgan fingerprint density at radius 2 is 1.82 bits per heavy atom. The second-order valence-electron chi connectivity index (χ2n) is 8.40. The average molecular weight is 468 g/mol. The molecule has 2 N–H and O–H groups in total. The number of nitrogens with zero attached hydrogens (tertiary/aromatic N) is 4. The van der Waals surface area contributed by atoms with Gasteiger partial charge in [-0.15, -0.1) is 5.10 Å². The molecule has 9 heteroatoms. The van der Waals surface area contributed by atoms with Gasteiger partial charge < -0.3 is 4.90 Å². The number of primary sulfonamides is 1. The monoisotopic (exact) mass is 467 g/mol. The maximum absolute atomic E-state index is 13.4. The number of nitrogens with two attached hydrogens (primary N) is 1. The van der Waals surface area contributed by atoms with Gasteiger partial charge in [-0.25, -0.2) is 23.2 Å². The molecular weight excluding hydrogens is 438 g/mol. The Morgan fingerprint density at radius 3 is 2.48 bits per heavy atom. The van der Waals surface area contributed by atoms with Crippen molar-refractivity contribution in [1.82, 2.24) is 19.7 Å². The van der Waals surface area contributed by atoms with Crippen molar-refractivity contribution in [3.8, 4) is 5.69 Å². The largest absolute Gasteiger partial charge is 0.333 e. The molecule has 0 aliphatic carbocycles. The lowest BCUT2D eigenvalue weighted by Crippen LogP contribution is -2.44. The molecule has 1 aliphatic rings. The van der Waals surface area contributed by atoms with Crippen LogP contribution in [-0.2, 0) is 16.4 Å². The van der Waals surface area contributed by atoms with E-state index in [-0.39, 0.29) is 22.7 Å². The van der Waals surface area contributed by atoms with Crippen molar-refractivity contribution in [2.24, 2.45) is 5.14 Å². The first-order valence-corrected chi connectivity index (χ1v) is 12.9. The first-order valence-electron chi connectivity index (χ1n) is 11.3. The average Bonchev–Trinajstić information content (AvgIpc) is 3.23. The number of piperidine rings is 1. The molecule has 0 bridgehead atoms. The van der Waals surface area contributed by atoms with Crippen LogP contribution in [0.4, 0.5) is 0 Å². The maximum Gasteiger partial charge on any atom is 0.293 e. The summed E-state index contributed by atoms with van der Waals surface area (Å²) in [4.78, 5) is 20.0. The van der Waals surface area contributed by atoms with E-state index in [1.165, 1.54) is 12.1 Å². The van der Waals surface area contributed by atoms with Crippen LogP contribution in [0.3, 0.4) is 0 Å². The van der Waals surface area contributed by atoms with E-state index in [4.69, 9.17) is 5.14 Å². The Bertz CT molecular complexity index is 1200. The number of sulfonamides is 1. The highest BCUT2D eigenvalue weighted by atomic mass is 32.2. The van der Waals surface area contributed by atoms with Crippen LogP contribution in [0.5, 0.6) is 0 Å². The Balaban J connectivity index is 1.71. The third-order valence-corrected chi connectivity index (χ3v) is 6.92. The summed E-state index contributed by atoms with van der Waals surface area (Å²) in [6, 6.07) is 16.2. The topological polar surface area (TPSA) is 111 Å². The van der Waals surface area contributed by atoms with Gasteiger partial charge in [-0.1, -0.05) is 43.7 Å². The van der Waals surface area contributed by atoms with E-state index >= 15 is 0 Å². The standard InChI is InChI=1S/C24H29N5O3S/c1-2-8-19-11-6-7-16-28(19)24(30)23-26-22(17-18-9-4-3-5-10-18)29(27-23)20-12-14-21(15-13-20)33(25,31)32/h3-5,9-10,12-15,19H,2,6-8,11,16-17H2,1H3,(H2,25,31,32). The summed E-state index contributed by atoms with van der Waals surface area (Å²) in [6.45, 7) is 2.85. The highest BCUT2D eigenvalue weighted by Crippen LogP contribution is 2.23. The molecule has 3 aromatic rings.